The van der Waals surface area contributed by atoms with Crippen LogP contribution in [0.5, 0.6) is 0 Å². The van der Waals surface area contributed by atoms with E-state index in [-0.39, 0.29) is 31.4 Å². The molecule has 8 nitrogen and oxygen atoms in total. The van der Waals surface area contributed by atoms with Crippen molar-refractivity contribution in [3.8, 4) is 0 Å². The Morgan fingerprint density at radius 2 is 1.80 bits per heavy atom. The van der Waals surface area contributed by atoms with Crippen LogP contribution in [-0.4, -0.2) is 78.4 Å². The Labute approximate surface area is 234 Å². The molecule has 3 aliphatic rings. The summed E-state index contributed by atoms with van der Waals surface area (Å²) >= 11 is 6.40. The zero-order valence-corrected chi connectivity index (χ0v) is 22.2. The summed E-state index contributed by atoms with van der Waals surface area (Å²) in [6.45, 7) is 5.09. The van der Waals surface area contributed by atoms with E-state index in [9.17, 15) is 27.6 Å². The number of halogens is 4. The predicted octanol–water partition coefficient (Wildman–Crippen LogP) is 4.06. The third-order valence-electron chi connectivity index (χ3n) is 7.32. The molecule has 40 heavy (non-hydrogen) atoms. The van der Waals surface area contributed by atoms with Crippen molar-refractivity contribution in [2.24, 2.45) is 0 Å². The first-order valence-corrected chi connectivity index (χ1v) is 13.1. The Morgan fingerprint density at radius 3 is 2.48 bits per heavy atom. The number of nitrogens with zero attached hydrogens (tertiary/aromatic N) is 4. The molecule has 1 atom stereocenters. The van der Waals surface area contributed by atoms with Gasteiger partial charge in [-0.2, -0.15) is 13.2 Å². The maximum absolute atomic E-state index is 13.6. The molecule has 0 saturated carbocycles. The highest BCUT2D eigenvalue weighted by atomic mass is 35.5. The van der Waals surface area contributed by atoms with Crippen LogP contribution in [0.25, 0.3) is 0 Å². The zero-order valence-electron chi connectivity index (χ0n) is 21.5. The number of hydrogen-bond acceptors (Lipinski definition) is 4. The maximum Gasteiger partial charge on any atom is 0.416 e. The minimum Gasteiger partial charge on any atom is -0.368 e. The maximum atomic E-state index is 13.6. The molecule has 210 valence electrons. The molecule has 0 aromatic heterocycles. The summed E-state index contributed by atoms with van der Waals surface area (Å²) < 4.78 is 39.4. The van der Waals surface area contributed by atoms with E-state index < -0.39 is 23.8 Å². The number of carbonyl (C=O) groups is 3. The number of carbonyl (C=O) groups excluding carboxylic acids is 3. The summed E-state index contributed by atoms with van der Waals surface area (Å²) in [5, 5.41) is 3.26. The van der Waals surface area contributed by atoms with E-state index in [2.05, 4.69) is 11.9 Å². The van der Waals surface area contributed by atoms with Gasteiger partial charge in [0.2, 0.25) is 5.91 Å². The highest BCUT2D eigenvalue weighted by Gasteiger charge is 2.45. The summed E-state index contributed by atoms with van der Waals surface area (Å²) in [4.78, 5) is 46.0. The fourth-order valence-corrected chi connectivity index (χ4v) is 5.54. The number of alkyl halides is 3. The second-order valence-corrected chi connectivity index (χ2v) is 10.1. The molecule has 0 bridgehead atoms. The van der Waals surface area contributed by atoms with E-state index in [1.807, 2.05) is 0 Å². The molecule has 4 amide bonds. The van der Waals surface area contributed by atoms with E-state index >= 15 is 0 Å². The second kappa shape index (κ2) is 10.9. The molecular weight excluding hydrogens is 547 g/mol. The topological polar surface area (TPSA) is 76.2 Å². The lowest BCUT2D eigenvalue weighted by molar-refractivity contribution is -0.137. The zero-order chi connectivity index (χ0) is 28.6. The van der Waals surface area contributed by atoms with Crippen molar-refractivity contribution in [2.45, 2.75) is 12.2 Å². The molecule has 2 aromatic carbocycles. The number of nitrogens with one attached hydrogen (secondary N) is 1. The second-order valence-electron chi connectivity index (χ2n) is 9.74. The van der Waals surface area contributed by atoms with E-state index in [1.54, 1.807) is 46.2 Å². The van der Waals surface area contributed by atoms with Crippen LogP contribution >= 0.6 is 11.6 Å². The molecule has 3 heterocycles. The first kappa shape index (κ1) is 27.6. The van der Waals surface area contributed by atoms with E-state index in [4.69, 9.17) is 11.6 Å². The third kappa shape index (κ3) is 5.25. The molecule has 1 unspecified atom stereocenters. The van der Waals surface area contributed by atoms with Crippen molar-refractivity contribution in [1.29, 1.82) is 0 Å². The monoisotopic (exact) mass is 573 g/mol. The molecule has 1 N–H and O–H groups in total. The minimum absolute atomic E-state index is 0.0757. The molecule has 1 saturated heterocycles. The number of rotatable bonds is 6. The SMILES string of the molecule is C=CCN1C(=O)NC(c2ccccc2Cl)C2=C1CN(CC(=O)N1CCN(c3cccc(C(F)(F)F)c3)CC1)C2=O. The summed E-state index contributed by atoms with van der Waals surface area (Å²) in [6, 6.07) is 10.9. The standard InChI is InChI=1S/C28H27ClF3N5O3/c1-2-10-37-22-16-36(26(39)24(22)25(33-27(37)40)20-8-3-4-9-21(20)29)17-23(38)35-13-11-34(12-14-35)19-7-5-6-18(15-19)28(30,31)32/h2-9,15,25H,1,10-14,16-17H2,(H,33,40). The smallest absolute Gasteiger partial charge is 0.368 e. The summed E-state index contributed by atoms with van der Waals surface area (Å²) in [7, 11) is 0. The largest absolute Gasteiger partial charge is 0.416 e. The van der Waals surface area contributed by atoms with Crippen LogP contribution in [0, 0.1) is 0 Å². The molecule has 12 heteroatoms. The Balaban J connectivity index is 1.28. The molecule has 3 aliphatic heterocycles. The van der Waals surface area contributed by atoms with Crippen molar-refractivity contribution in [3.05, 3.63) is 88.6 Å². The quantitative estimate of drug-likeness (QED) is 0.529. The van der Waals surface area contributed by atoms with Crippen molar-refractivity contribution in [3.63, 3.8) is 0 Å². The first-order valence-electron chi connectivity index (χ1n) is 12.7. The van der Waals surface area contributed by atoms with Gasteiger partial charge < -0.3 is 20.0 Å². The van der Waals surface area contributed by atoms with Crippen molar-refractivity contribution >= 4 is 35.1 Å². The van der Waals surface area contributed by atoms with Crippen molar-refractivity contribution in [1.82, 2.24) is 20.0 Å². The van der Waals surface area contributed by atoms with E-state index in [0.29, 0.717) is 53.7 Å². The lowest BCUT2D eigenvalue weighted by Crippen LogP contribution is -2.51. The Bertz CT molecular complexity index is 1390. The van der Waals surface area contributed by atoms with Crippen molar-refractivity contribution < 1.29 is 27.6 Å². The number of piperazine rings is 1. The molecule has 2 aromatic rings. The number of benzene rings is 2. The fourth-order valence-electron chi connectivity index (χ4n) is 5.30. The highest BCUT2D eigenvalue weighted by molar-refractivity contribution is 6.31. The Hall–Kier alpha value is -3.99. The fraction of sp³-hybridized carbons (Fsp3) is 0.321. The van der Waals surface area contributed by atoms with Crippen LogP contribution in [0.1, 0.15) is 17.2 Å². The average Bonchev–Trinajstić information content (AvgIpc) is 3.25. The van der Waals surface area contributed by atoms with Gasteiger partial charge in [0.1, 0.15) is 6.54 Å². The number of urea groups is 1. The van der Waals surface area contributed by atoms with Gasteiger partial charge in [0, 0.05) is 43.4 Å². The first-order chi connectivity index (χ1) is 19.1. The van der Waals surface area contributed by atoms with E-state index in [1.165, 1.54) is 15.9 Å². The van der Waals surface area contributed by atoms with Gasteiger partial charge in [-0.3, -0.25) is 14.5 Å². The molecule has 5 rings (SSSR count). The van der Waals surface area contributed by atoms with Crippen LogP contribution in [0.4, 0.5) is 23.7 Å². The van der Waals surface area contributed by atoms with Crippen molar-refractivity contribution in [2.75, 3.05) is 50.7 Å². The van der Waals surface area contributed by atoms with Crippen LogP contribution < -0.4 is 10.2 Å². The predicted molar refractivity (Wildman–Crippen MR) is 143 cm³/mol. The molecule has 0 aliphatic carbocycles. The van der Waals surface area contributed by atoms with Crippen LogP contribution in [-0.2, 0) is 15.8 Å². The minimum atomic E-state index is -4.44. The van der Waals surface area contributed by atoms with Gasteiger partial charge in [-0.15, -0.1) is 6.58 Å². The average molecular weight is 574 g/mol. The van der Waals surface area contributed by atoms with Crippen LogP contribution in [0.15, 0.2) is 72.5 Å². The molecule has 1 fully saturated rings. The van der Waals surface area contributed by atoms with Gasteiger partial charge in [-0.25, -0.2) is 4.79 Å². The lowest BCUT2D eigenvalue weighted by atomic mass is 9.95. The Morgan fingerprint density at radius 1 is 1.07 bits per heavy atom. The van der Waals surface area contributed by atoms with Crippen LogP contribution in [0.2, 0.25) is 5.02 Å². The van der Waals surface area contributed by atoms with Gasteiger partial charge in [0.15, 0.2) is 0 Å². The number of amides is 4. The Kier molecular flexibility index (Phi) is 7.50. The molecule has 0 radical (unpaired) electrons. The number of hydrogen-bond donors (Lipinski definition) is 1. The highest BCUT2D eigenvalue weighted by Crippen LogP contribution is 2.38. The van der Waals surface area contributed by atoms with Gasteiger partial charge in [-0.1, -0.05) is 41.9 Å². The van der Waals surface area contributed by atoms with Gasteiger partial charge in [0.05, 0.1) is 29.4 Å². The summed E-state index contributed by atoms with van der Waals surface area (Å²) in [5.74, 6) is -0.648. The number of anilines is 1. The van der Waals surface area contributed by atoms with Crippen LogP contribution in [0.3, 0.4) is 0 Å². The summed E-state index contributed by atoms with van der Waals surface area (Å²) in [6.07, 6.45) is -2.88. The summed E-state index contributed by atoms with van der Waals surface area (Å²) in [5.41, 5.74) is 1.16. The van der Waals surface area contributed by atoms with Gasteiger partial charge >= 0.3 is 12.2 Å². The van der Waals surface area contributed by atoms with Gasteiger partial charge in [-0.05, 0) is 29.8 Å². The molecular formula is C28H27ClF3N5O3. The van der Waals surface area contributed by atoms with E-state index in [0.717, 1.165) is 12.1 Å². The molecule has 0 spiro atoms. The lowest BCUT2D eigenvalue weighted by Gasteiger charge is -2.37. The normalized spacial score (nSPS) is 19.6. The van der Waals surface area contributed by atoms with Gasteiger partial charge in [0.25, 0.3) is 5.91 Å². The third-order valence-corrected chi connectivity index (χ3v) is 7.67.